The topological polar surface area (TPSA) is 94.2 Å². The molecule has 0 aliphatic carbocycles. The second-order valence-electron chi connectivity index (χ2n) is 6.30. The van der Waals surface area contributed by atoms with Gasteiger partial charge in [-0.1, -0.05) is 18.2 Å². The van der Waals surface area contributed by atoms with Crippen LogP contribution in [0.4, 0.5) is 10.5 Å². The molecule has 3 rings (SSSR count). The summed E-state index contributed by atoms with van der Waals surface area (Å²) >= 11 is 0. The van der Waals surface area contributed by atoms with Crippen molar-refractivity contribution < 1.29 is 28.6 Å². The summed E-state index contributed by atoms with van der Waals surface area (Å²) in [5.41, 5.74) is 0.935. The average Bonchev–Trinajstić information content (AvgIpc) is 2.72. The van der Waals surface area contributed by atoms with Crippen molar-refractivity contribution in [2.24, 2.45) is 5.92 Å². The third-order valence-electron chi connectivity index (χ3n) is 4.59. The van der Waals surface area contributed by atoms with Crippen molar-refractivity contribution in [1.29, 1.82) is 0 Å². The third kappa shape index (κ3) is 4.01. The van der Waals surface area contributed by atoms with Crippen LogP contribution in [0.25, 0.3) is 0 Å². The van der Waals surface area contributed by atoms with Gasteiger partial charge in [-0.2, -0.15) is 0 Å². The first-order chi connectivity index (χ1) is 14.0. The zero-order valence-corrected chi connectivity index (χ0v) is 16.4. The largest absolute Gasteiger partial charge is 0.497 e. The lowest BCUT2D eigenvalue weighted by Crippen LogP contribution is -2.58. The van der Waals surface area contributed by atoms with Gasteiger partial charge >= 0.3 is 6.03 Å². The number of ether oxygens (including phenoxy) is 3. The van der Waals surface area contributed by atoms with E-state index in [1.807, 2.05) is 0 Å². The molecule has 0 saturated carbocycles. The van der Waals surface area contributed by atoms with Crippen molar-refractivity contribution in [1.82, 2.24) is 5.32 Å². The summed E-state index contributed by atoms with van der Waals surface area (Å²) in [5.74, 6) is -0.902. The summed E-state index contributed by atoms with van der Waals surface area (Å²) in [6.07, 6.45) is 0.0679. The van der Waals surface area contributed by atoms with E-state index >= 15 is 0 Å². The number of para-hydroxylation sites is 2. The molecule has 0 radical (unpaired) electrons. The molecule has 1 aliphatic heterocycles. The molecule has 1 saturated heterocycles. The first kappa shape index (κ1) is 20.2. The fraction of sp³-hybridized carbons (Fsp3) is 0.286. The number of imide groups is 2. The molecule has 4 amide bonds. The number of methoxy groups -OCH3 is 2. The lowest BCUT2D eigenvalue weighted by molar-refractivity contribution is -0.134. The number of urea groups is 1. The Balaban J connectivity index is 1.94. The van der Waals surface area contributed by atoms with Crippen LogP contribution in [0.15, 0.2) is 42.5 Å². The Morgan fingerprint density at radius 3 is 2.45 bits per heavy atom. The van der Waals surface area contributed by atoms with Gasteiger partial charge in [0.25, 0.3) is 0 Å². The number of carbonyl (C=O) groups excluding carboxylic acids is 3. The van der Waals surface area contributed by atoms with Crippen LogP contribution in [0.2, 0.25) is 0 Å². The summed E-state index contributed by atoms with van der Waals surface area (Å²) in [6, 6.07) is 11.0. The predicted molar refractivity (Wildman–Crippen MR) is 105 cm³/mol. The van der Waals surface area contributed by atoms with E-state index in [0.29, 0.717) is 29.4 Å². The Labute approximate surface area is 168 Å². The molecule has 1 fully saturated rings. The standard InChI is InChI=1S/C21H22N2O6/c1-4-29-17-8-6-5-7-16(17)23-20(25)15(19(24)22-21(23)26)11-13-9-10-14(27-2)12-18(13)28-3/h5-10,12,15H,4,11H2,1-3H3,(H,22,24,26)/t15-/m1/s1. The first-order valence-corrected chi connectivity index (χ1v) is 9.11. The van der Waals surface area contributed by atoms with Gasteiger partial charge in [0.1, 0.15) is 23.2 Å². The number of hydrogen-bond donors (Lipinski definition) is 1. The summed E-state index contributed by atoms with van der Waals surface area (Å²) in [6.45, 7) is 2.17. The number of rotatable bonds is 7. The number of nitrogens with zero attached hydrogens (tertiary/aromatic N) is 1. The monoisotopic (exact) mass is 398 g/mol. The van der Waals surface area contributed by atoms with Crippen LogP contribution in [-0.2, 0) is 16.0 Å². The Hall–Kier alpha value is -3.55. The summed E-state index contributed by atoms with van der Waals surface area (Å²) in [7, 11) is 3.03. The van der Waals surface area contributed by atoms with Gasteiger partial charge in [0.2, 0.25) is 11.8 Å². The van der Waals surface area contributed by atoms with Crippen LogP contribution in [0.1, 0.15) is 12.5 Å². The van der Waals surface area contributed by atoms with Gasteiger partial charge in [-0.05, 0) is 37.1 Å². The van der Waals surface area contributed by atoms with Gasteiger partial charge in [-0.15, -0.1) is 0 Å². The van der Waals surface area contributed by atoms with Crippen LogP contribution in [-0.4, -0.2) is 38.7 Å². The van der Waals surface area contributed by atoms with E-state index < -0.39 is 23.8 Å². The highest BCUT2D eigenvalue weighted by molar-refractivity contribution is 6.28. The lowest BCUT2D eigenvalue weighted by Gasteiger charge is -2.31. The fourth-order valence-corrected chi connectivity index (χ4v) is 3.18. The molecule has 8 nitrogen and oxygen atoms in total. The smallest absolute Gasteiger partial charge is 0.335 e. The summed E-state index contributed by atoms with van der Waals surface area (Å²) < 4.78 is 16.1. The molecule has 1 aliphatic rings. The van der Waals surface area contributed by atoms with E-state index in [9.17, 15) is 14.4 Å². The first-order valence-electron chi connectivity index (χ1n) is 9.11. The quantitative estimate of drug-likeness (QED) is 0.721. The van der Waals surface area contributed by atoms with Crippen LogP contribution >= 0.6 is 0 Å². The van der Waals surface area contributed by atoms with E-state index in [2.05, 4.69) is 5.32 Å². The molecular weight excluding hydrogens is 376 g/mol. The number of barbiturate groups is 1. The SMILES string of the molecule is CCOc1ccccc1N1C(=O)NC(=O)[C@@H](Cc2ccc(OC)cc2OC)C1=O. The Kier molecular flexibility index (Phi) is 6.01. The highest BCUT2D eigenvalue weighted by atomic mass is 16.5. The second kappa shape index (κ2) is 8.64. The molecule has 0 spiro atoms. The minimum Gasteiger partial charge on any atom is -0.497 e. The minimum atomic E-state index is -1.09. The van der Waals surface area contributed by atoms with Crippen LogP contribution < -0.4 is 24.4 Å². The van der Waals surface area contributed by atoms with Crippen molar-refractivity contribution in [2.45, 2.75) is 13.3 Å². The molecule has 1 N–H and O–H groups in total. The number of amides is 4. The van der Waals surface area contributed by atoms with E-state index in [0.717, 1.165) is 4.90 Å². The molecule has 0 unspecified atom stereocenters. The number of anilines is 1. The summed E-state index contributed by atoms with van der Waals surface area (Å²) in [4.78, 5) is 39.0. The Morgan fingerprint density at radius 2 is 1.76 bits per heavy atom. The van der Waals surface area contributed by atoms with Crippen molar-refractivity contribution in [3.8, 4) is 17.2 Å². The maximum absolute atomic E-state index is 13.2. The lowest BCUT2D eigenvalue weighted by atomic mass is 9.94. The minimum absolute atomic E-state index is 0.0679. The van der Waals surface area contributed by atoms with Gasteiger partial charge in [0, 0.05) is 6.07 Å². The van der Waals surface area contributed by atoms with Crippen LogP contribution in [0.5, 0.6) is 17.2 Å². The van der Waals surface area contributed by atoms with Gasteiger partial charge < -0.3 is 14.2 Å². The molecule has 0 aromatic heterocycles. The molecule has 0 bridgehead atoms. The van der Waals surface area contributed by atoms with Crippen LogP contribution in [0.3, 0.4) is 0 Å². The fourth-order valence-electron chi connectivity index (χ4n) is 3.18. The van der Waals surface area contributed by atoms with E-state index in [-0.39, 0.29) is 12.1 Å². The number of benzene rings is 2. The molecule has 29 heavy (non-hydrogen) atoms. The number of nitrogens with one attached hydrogen (secondary N) is 1. The second-order valence-corrected chi connectivity index (χ2v) is 6.30. The van der Waals surface area contributed by atoms with Crippen LogP contribution in [0, 0.1) is 5.92 Å². The maximum Gasteiger partial charge on any atom is 0.335 e. The molecule has 8 heteroatoms. The van der Waals surface area contributed by atoms with Crippen molar-refractivity contribution in [3.63, 3.8) is 0 Å². The van der Waals surface area contributed by atoms with Crippen molar-refractivity contribution in [2.75, 3.05) is 25.7 Å². The molecule has 2 aromatic rings. The number of carbonyl (C=O) groups is 3. The zero-order valence-electron chi connectivity index (χ0n) is 16.4. The summed E-state index contributed by atoms with van der Waals surface area (Å²) in [5, 5.41) is 2.26. The van der Waals surface area contributed by atoms with E-state index in [1.54, 1.807) is 49.4 Å². The predicted octanol–water partition coefficient (Wildman–Crippen LogP) is 2.54. The third-order valence-corrected chi connectivity index (χ3v) is 4.59. The van der Waals surface area contributed by atoms with Crippen molar-refractivity contribution in [3.05, 3.63) is 48.0 Å². The van der Waals surface area contributed by atoms with Gasteiger partial charge in [-0.25, -0.2) is 9.69 Å². The van der Waals surface area contributed by atoms with Gasteiger partial charge in [0.05, 0.1) is 26.5 Å². The maximum atomic E-state index is 13.2. The van der Waals surface area contributed by atoms with E-state index in [1.165, 1.54) is 14.2 Å². The average molecular weight is 398 g/mol. The highest BCUT2D eigenvalue weighted by Gasteiger charge is 2.42. The molecule has 1 heterocycles. The molecular formula is C21H22N2O6. The normalized spacial score (nSPS) is 16.4. The Morgan fingerprint density at radius 1 is 1.00 bits per heavy atom. The zero-order chi connectivity index (χ0) is 21.0. The van der Waals surface area contributed by atoms with Gasteiger partial charge in [0.15, 0.2) is 0 Å². The molecule has 2 aromatic carbocycles. The molecule has 1 atom stereocenters. The van der Waals surface area contributed by atoms with Gasteiger partial charge in [-0.3, -0.25) is 14.9 Å². The molecule has 152 valence electrons. The van der Waals surface area contributed by atoms with E-state index in [4.69, 9.17) is 14.2 Å². The van der Waals surface area contributed by atoms with Crippen molar-refractivity contribution >= 4 is 23.5 Å². The number of hydrogen-bond acceptors (Lipinski definition) is 6. The highest BCUT2D eigenvalue weighted by Crippen LogP contribution is 2.33. The Bertz CT molecular complexity index is 943.